The van der Waals surface area contributed by atoms with Crippen molar-refractivity contribution in [2.45, 2.75) is 32.2 Å². The van der Waals surface area contributed by atoms with Crippen molar-refractivity contribution in [3.63, 3.8) is 0 Å². The molecule has 1 aromatic carbocycles. The van der Waals surface area contributed by atoms with Crippen LogP contribution in [0.15, 0.2) is 24.3 Å². The standard InChI is InChI=1S/C16H25N3O/c1-13(17-11-7-4-8-12-20-3)16-18-14-9-5-6-10-15(14)19(16)2/h5-6,9-10,13,17H,4,7-8,11-12H2,1-3H3. The monoisotopic (exact) mass is 275 g/mol. The summed E-state index contributed by atoms with van der Waals surface area (Å²) in [6, 6.07) is 8.55. The van der Waals surface area contributed by atoms with Crippen molar-refractivity contribution in [2.75, 3.05) is 20.3 Å². The molecule has 0 aliphatic heterocycles. The topological polar surface area (TPSA) is 39.1 Å². The average Bonchev–Trinajstić information content (AvgIpc) is 2.80. The fourth-order valence-electron chi connectivity index (χ4n) is 2.51. The number of aromatic nitrogens is 2. The van der Waals surface area contributed by atoms with Crippen LogP contribution in [0.2, 0.25) is 0 Å². The van der Waals surface area contributed by atoms with E-state index in [9.17, 15) is 0 Å². The van der Waals surface area contributed by atoms with Crippen LogP contribution in [0.25, 0.3) is 11.0 Å². The highest BCUT2D eigenvalue weighted by Crippen LogP contribution is 2.19. The molecule has 1 N–H and O–H groups in total. The zero-order valence-electron chi connectivity index (χ0n) is 12.7. The summed E-state index contributed by atoms with van der Waals surface area (Å²) in [6.45, 7) is 4.06. The number of benzene rings is 1. The molecule has 0 bridgehead atoms. The first-order chi connectivity index (χ1) is 9.74. The van der Waals surface area contributed by atoms with Crippen LogP contribution in [-0.2, 0) is 11.8 Å². The SMILES string of the molecule is COCCCCCNC(C)c1nc2ccccc2n1C. The maximum absolute atomic E-state index is 5.05. The third kappa shape index (κ3) is 3.58. The van der Waals surface area contributed by atoms with Crippen LogP contribution in [-0.4, -0.2) is 29.8 Å². The number of imidazole rings is 1. The quantitative estimate of drug-likeness (QED) is 0.753. The molecule has 0 saturated heterocycles. The van der Waals surface area contributed by atoms with Gasteiger partial charge in [-0.05, 0) is 44.9 Å². The summed E-state index contributed by atoms with van der Waals surface area (Å²) >= 11 is 0. The minimum Gasteiger partial charge on any atom is -0.385 e. The molecular formula is C16H25N3O. The van der Waals surface area contributed by atoms with Gasteiger partial charge in [-0.3, -0.25) is 0 Å². The lowest BCUT2D eigenvalue weighted by molar-refractivity contribution is 0.192. The van der Waals surface area contributed by atoms with Crippen LogP contribution in [0.5, 0.6) is 0 Å². The number of hydrogen-bond acceptors (Lipinski definition) is 3. The summed E-state index contributed by atoms with van der Waals surface area (Å²) in [5.74, 6) is 1.10. The molecular weight excluding hydrogens is 250 g/mol. The van der Waals surface area contributed by atoms with E-state index in [4.69, 9.17) is 9.72 Å². The van der Waals surface area contributed by atoms with E-state index in [-0.39, 0.29) is 6.04 Å². The van der Waals surface area contributed by atoms with E-state index >= 15 is 0 Å². The minimum absolute atomic E-state index is 0.273. The Morgan fingerprint density at radius 3 is 2.80 bits per heavy atom. The number of unbranched alkanes of at least 4 members (excludes halogenated alkanes) is 2. The Kier molecular flexibility index (Phi) is 5.56. The Hall–Kier alpha value is -1.39. The maximum Gasteiger partial charge on any atom is 0.126 e. The molecule has 1 unspecified atom stereocenters. The van der Waals surface area contributed by atoms with Gasteiger partial charge < -0.3 is 14.6 Å². The molecule has 0 saturated carbocycles. The number of ether oxygens (including phenoxy) is 1. The van der Waals surface area contributed by atoms with Crippen molar-refractivity contribution >= 4 is 11.0 Å². The van der Waals surface area contributed by atoms with Gasteiger partial charge in [0.2, 0.25) is 0 Å². The Labute approximate surface area is 121 Å². The van der Waals surface area contributed by atoms with Gasteiger partial charge in [0, 0.05) is 20.8 Å². The molecule has 4 heteroatoms. The van der Waals surface area contributed by atoms with E-state index in [1.165, 1.54) is 18.4 Å². The lowest BCUT2D eigenvalue weighted by Crippen LogP contribution is -2.22. The van der Waals surface area contributed by atoms with E-state index in [0.717, 1.165) is 30.9 Å². The normalized spacial score (nSPS) is 12.9. The smallest absolute Gasteiger partial charge is 0.126 e. The first-order valence-electron chi connectivity index (χ1n) is 7.37. The van der Waals surface area contributed by atoms with E-state index in [1.807, 2.05) is 6.07 Å². The molecule has 0 radical (unpaired) electrons. The van der Waals surface area contributed by atoms with Crippen molar-refractivity contribution in [3.05, 3.63) is 30.1 Å². The number of fused-ring (bicyclic) bond motifs is 1. The van der Waals surface area contributed by atoms with Crippen molar-refractivity contribution in [1.82, 2.24) is 14.9 Å². The zero-order chi connectivity index (χ0) is 14.4. The van der Waals surface area contributed by atoms with Gasteiger partial charge in [-0.25, -0.2) is 4.98 Å². The molecule has 20 heavy (non-hydrogen) atoms. The van der Waals surface area contributed by atoms with Gasteiger partial charge in [0.05, 0.1) is 17.1 Å². The molecule has 2 aromatic rings. The summed E-state index contributed by atoms with van der Waals surface area (Å²) < 4.78 is 7.23. The van der Waals surface area contributed by atoms with Crippen molar-refractivity contribution in [2.24, 2.45) is 7.05 Å². The molecule has 0 amide bonds. The van der Waals surface area contributed by atoms with Crippen molar-refractivity contribution in [3.8, 4) is 0 Å². The maximum atomic E-state index is 5.05. The molecule has 1 heterocycles. The lowest BCUT2D eigenvalue weighted by Gasteiger charge is -2.13. The van der Waals surface area contributed by atoms with Crippen LogP contribution >= 0.6 is 0 Å². The lowest BCUT2D eigenvalue weighted by atomic mass is 10.2. The highest BCUT2D eigenvalue weighted by molar-refractivity contribution is 5.75. The van der Waals surface area contributed by atoms with Crippen LogP contribution < -0.4 is 5.32 Å². The van der Waals surface area contributed by atoms with E-state index in [2.05, 4.69) is 42.1 Å². The fraction of sp³-hybridized carbons (Fsp3) is 0.562. The molecule has 110 valence electrons. The second kappa shape index (κ2) is 7.41. The predicted octanol–water partition coefficient (Wildman–Crippen LogP) is 3.04. The number of nitrogens with one attached hydrogen (secondary N) is 1. The molecule has 4 nitrogen and oxygen atoms in total. The highest BCUT2D eigenvalue weighted by Gasteiger charge is 2.13. The molecule has 1 atom stereocenters. The van der Waals surface area contributed by atoms with Crippen LogP contribution in [0.3, 0.4) is 0 Å². The Bertz CT molecular complexity index is 536. The second-order valence-electron chi connectivity index (χ2n) is 5.25. The summed E-state index contributed by atoms with van der Waals surface area (Å²) in [5.41, 5.74) is 2.26. The van der Waals surface area contributed by atoms with Gasteiger partial charge in [-0.15, -0.1) is 0 Å². The van der Waals surface area contributed by atoms with Gasteiger partial charge in [-0.2, -0.15) is 0 Å². The Balaban J connectivity index is 1.88. The van der Waals surface area contributed by atoms with E-state index in [1.54, 1.807) is 7.11 Å². The number of para-hydroxylation sites is 2. The van der Waals surface area contributed by atoms with Gasteiger partial charge in [0.25, 0.3) is 0 Å². The average molecular weight is 275 g/mol. The Morgan fingerprint density at radius 1 is 1.25 bits per heavy atom. The van der Waals surface area contributed by atoms with Crippen LogP contribution in [0.4, 0.5) is 0 Å². The molecule has 0 aliphatic carbocycles. The van der Waals surface area contributed by atoms with Crippen molar-refractivity contribution in [1.29, 1.82) is 0 Å². The van der Waals surface area contributed by atoms with Gasteiger partial charge in [-0.1, -0.05) is 12.1 Å². The number of hydrogen-bond donors (Lipinski definition) is 1. The van der Waals surface area contributed by atoms with Crippen LogP contribution in [0, 0.1) is 0 Å². The molecule has 2 rings (SSSR count). The van der Waals surface area contributed by atoms with Crippen LogP contribution in [0.1, 0.15) is 38.1 Å². The van der Waals surface area contributed by atoms with Gasteiger partial charge in [0.1, 0.15) is 5.82 Å². The first-order valence-corrected chi connectivity index (χ1v) is 7.37. The molecule has 0 aliphatic rings. The largest absolute Gasteiger partial charge is 0.385 e. The molecule has 1 aromatic heterocycles. The van der Waals surface area contributed by atoms with Gasteiger partial charge in [0.15, 0.2) is 0 Å². The number of aryl methyl sites for hydroxylation is 1. The summed E-state index contributed by atoms with van der Waals surface area (Å²) in [7, 11) is 3.84. The number of rotatable bonds is 8. The number of methoxy groups -OCH3 is 1. The minimum atomic E-state index is 0.273. The van der Waals surface area contributed by atoms with E-state index < -0.39 is 0 Å². The first kappa shape index (κ1) is 15.0. The summed E-state index contributed by atoms with van der Waals surface area (Å²) in [6.07, 6.45) is 3.52. The number of nitrogens with zero attached hydrogens (tertiary/aromatic N) is 2. The van der Waals surface area contributed by atoms with Crippen molar-refractivity contribution < 1.29 is 4.74 Å². The highest BCUT2D eigenvalue weighted by atomic mass is 16.5. The third-order valence-electron chi connectivity index (χ3n) is 3.68. The third-order valence-corrected chi connectivity index (χ3v) is 3.68. The summed E-state index contributed by atoms with van der Waals surface area (Å²) in [4.78, 5) is 4.72. The molecule has 0 fully saturated rings. The Morgan fingerprint density at radius 2 is 2.05 bits per heavy atom. The van der Waals surface area contributed by atoms with Gasteiger partial charge >= 0.3 is 0 Å². The second-order valence-corrected chi connectivity index (χ2v) is 5.25. The fourth-order valence-corrected chi connectivity index (χ4v) is 2.51. The van der Waals surface area contributed by atoms with E-state index in [0.29, 0.717) is 0 Å². The molecule has 0 spiro atoms. The predicted molar refractivity (Wildman–Crippen MR) is 82.9 cm³/mol. The zero-order valence-corrected chi connectivity index (χ0v) is 12.7. The summed E-state index contributed by atoms with van der Waals surface area (Å²) in [5, 5.41) is 3.55.